The highest BCUT2D eigenvalue weighted by Gasteiger charge is 2.22. The van der Waals surface area contributed by atoms with Crippen LogP contribution in [0.25, 0.3) is 0 Å². The molecule has 0 aliphatic carbocycles. The average Bonchev–Trinajstić information content (AvgIpc) is 2.09. The molecule has 4 heteroatoms. The molecule has 1 aliphatic rings. The summed E-state index contributed by atoms with van der Waals surface area (Å²) >= 11 is 0. The van der Waals surface area contributed by atoms with E-state index in [4.69, 9.17) is 4.74 Å². The lowest BCUT2D eigenvalue weighted by molar-refractivity contribution is 0.173. The van der Waals surface area contributed by atoms with Gasteiger partial charge in [0.05, 0.1) is 6.61 Å². The van der Waals surface area contributed by atoms with E-state index in [0.29, 0.717) is 12.6 Å². The molecule has 0 aromatic carbocycles. The molecule has 1 unspecified atom stereocenters. The van der Waals surface area contributed by atoms with Crippen molar-refractivity contribution in [2.24, 2.45) is 0 Å². The van der Waals surface area contributed by atoms with Crippen molar-refractivity contribution in [3.63, 3.8) is 0 Å². The Morgan fingerprint density at radius 3 is 3.00 bits per heavy atom. The van der Waals surface area contributed by atoms with Crippen LogP contribution in [0.4, 0.5) is 4.79 Å². The fourth-order valence-corrected chi connectivity index (χ4v) is 1.63. The van der Waals surface area contributed by atoms with Crippen molar-refractivity contribution in [2.45, 2.75) is 39.2 Å². The van der Waals surface area contributed by atoms with Crippen LogP contribution in [-0.2, 0) is 4.74 Å². The molecule has 1 radical (unpaired) electrons. The normalized spacial score (nSPS) is 24.0. The first-order valence-corrected chi connectivity index (χ1v) is 5.01. The fourth-order valence-electron chi connectivity index (χ4n) is 1.63. The maximum Gasteiger partial charge on any atom is 0.357 e. The van der Waals surface area contributed by atoms with Gasteiger partial charge in [0.25, 0.3) is 5.87 Å². The number of hydrogen-bond donors (Lipinski definition) is 0. The van der Waals surface area contributed by atoms with Crippen LogP contribution in [0.5, 0.6) is 0 Å². The Bertz CT molecular complexity index is 175. The van der Waals surface area contributed by atoms with Gasteiger partial charge in [-0.1, -0.05) is 13.3 Å². The molecule has 73 valence electrons. The Balaban J connectivity index is 2.29. The molecular weight excluding hydrogens is 165 g/mol. The van der Waals surface area contributed by atoms with Gasteiger partial charge in [-0.3, -0.25) is 4.79 Å². The molecule has 1 aliphatic heterocycles. The lowest BCUT2D eigenvalue weighted by Gasteiger charge is -2.31. The van der Waals surface area contributed by atoms with E-state index in [1.54, 1.807) is 7.41 Å². The van der Waals surface area contributed by atoms with E-state index >= 15 is 0 Å². The third-order valence-corrected chi connectivity index (χ3v) is 2.41. The fraction of sp³-hybridized carbons (Fsp3) is 0.889. The third kappa shape index (κ3) is 3.39. The highest BCUT2D eigenvalue weighted by Crippen LogP contribution is 2.14. The first-order valence-electron chi connectivity index (χ1n) is 5.01. The van der Waals surface area contributed by atoms with Crippen LogP contribution in [0, 0.1) is 0 Å². The quantitative estimate of drug-likeness (QED) is 0.621. The van der Waals surface area contributed by atoms with Crippen molar-refractivity contribution in [1.29, 1.82) is 0 Å². The van der Waals surface area contributed by atoms with E-state index in [1.807, 2.05) is 6.92 Å². The summed E-state index contributed by atoms with van der Waals surface area (Å²) in [5.41, 5.74) is 0. The topological polar surface area (TPSA) is 29.5 Å². The van der Waals surface area contributed by atoms with Gasteiger partial charge in [-0.05, 0) is 32.4 Å². The van der Waals surface area contributed by atoms with Crippen LogP contribution >= 0.6 is 0 Å². The Kier molecular flexibility index (Phi) is 4.29. The molecule has 13 heavy (non-hydrogen) atoms. The summed E-state index contributed by atoms with van der Waals surface area (Å²) in [6.45, 7) is 5.41. The zero-order chi connectivity index (χ0) is 9.68. The average molecular weight is 182 g/mol. The standard InChI is InChI=1S/C9H17BNO2/c1-3-13-9(12)10-11-7-5-4-6-8(11)2/h8H,3-7H2,1-2H3. The molecule has 1 rings (SSSR count). The molecule has 1 saturated heterocycles. The Hall–Kier alpha value is -0.505. The van der Waals surface area contributed by atoms with Crippen LogP contribution < -0.4 is 0 Å². The molecule has 0 amide bonds. The summed E-state index contributed by atoms with van der Waals surface area (Å²) in [5.74, 6) is -0.212. The highest BCUT2D eigenvalue weighted by molar-refractivity contribution is 6.69. The lowest BCUT2D eigenvalue weighted by atomic mass is 9.85. The SMILES string of the molecule is CCOC(=O)[B]N1CCCCC1C. The molecule has 1 atom stereocenters. The van der Waals surface area contributed by atoms with Crippen LogP contribution in [0.15, 0.2) is 0 Å². The predicted molar refractivity (Wildman–Crippen MR) is 52.8 cm³/mol. The van der Waals surface area contributed by atoms with Gasteiger partial charge >= 0.3 is 7.41 Å². The van der Waals surface area contributed by atoms with E-state index in [0.717, 1.165) is 6.54 Å². The number of carbonyl (C=O) groups excluding carboxylic acids is 1. The molecule has 0 bridgehead atoms. The van der Waals surface area contributed by atoms with Gasteiger partial charge < -0.3 is 9.55 Å². The van der Waals surface area contributed by atoms with E-state index < -0.39 is 0 Å². The third-order valence-electron chi connectivity index (χ3n) is 2.41. The zero-order valence-corrected chi connectivity index (χ0v) is 8.45. The van der Waals surface area contributed by atoms with Crippen molar-refractivity contribution in [1.82, 2.24) is 4.81 Å². The second-order valence-electron chi connectivity index (χ2n) is 3.46. The van der Waals surface area contributed by atoms with Crippen molar-refractivity contribution in [2.75, 3.05) is 13.2 Å². The number of nitrogens with zero attached hydrogens (tertiary/aromatic N) is 1. The molecule has 0 aromatic heterocycles. The monoisotopic (exact) mass is 182 g/mol. The first-order chi connectivity index (χ1) is 6.24. The highest BCUT2D eigenvalue weighted by atomic mass is 16.5. The molecule has 0 N–H and O–H groups in total. The molecule has 3 nitrogen and oxygen atoms in total. The van der Waals surface area contributed by atoms with Crippen molar-refractivity contribution in [3.05, 3.63) is 0 Å². The molecule has 0 spiro atoms. The van der Waals surface area contributed by atoms with Crippen LogP contribution in [0.3, 0.4) is 0 Å². The number of rotatable bonds is 3. The van der Waals surface area contributed by atoms with Crippen LogP contribution in [0.2, 0.25) is 0 Å². The maximum absolute atomic E-state index is 11.1. The summed E-state index contributed by atoms with van der Waals surface area (Å²) in [7, 11) is 1.60. The second-order valence-corrected chi connectivity index (χ2v) is 3.46. The molecule has 1 heterocycles. The summed E-state index contributed by atoms with van der Waals surface area (Å²) in [6.07, 6.45) is 3.63. The van der Waals surface area contributed by atoms with Crippen LogP contribution in [-0.4, -0.2) is 37.3 Å². The van der Waals surface area contributed by atoms with Gasteiger partial charge in [-0.15, -0.1) is 0 Å². The largest absolute Gasteiger partial charge is 0.473 e. The minimum absolute atomic E-state index is 0.212. The molecular formula is C9H17BNO2. The van der Waals surface area contributed by atoms with Gasteiger partial charge in [0.15, 0.2) is 0 Å². The van der Waals surface area contributed by atoms with Crippen molar-refractivity contribution < 1.29 is 9.53 Å². The summed E-state index contributed by atoms with van der Waals surface area (Å²) in [5, 5.41) is 0. The first kappa shape index (κ1) is 10.6. The lowest BCUT2D eigenvalue weighted by Crippen LogP contribution is -2.43. The molecule has 0 aromatic rings. The number of ether oxygens (including phenoxy) is 1. The smallest absolute Gasteiger partial charge is 0.357 e. The molecule has 0 saturated carbocycles. The van der Waals surface area contributed by atoms with E-state index in [-0.39, 0.29) is 5.87 Å². The van der Waals surface area contributed by atoms with Gasteiger partial charge in [0.2, 0.25) is 0 Å². The van der Waals surface area contributed by atoms with Gasteiger partial charge in [0, 0.05) is 0 Å². The zero-order valence-electron chi connectivity index (χ0n) is 8.45. The summed E-state index contributed by atoms with van der Waals surface area (Å²) in [4.78, 5) is 13.2. The van der Waals surface area contributed by atoms with Gasteiger partial charge in [-0.2, -0.15) is 0 Å². The van der Waals surface area contributed by atoms with E-state index in [9.17, 15) is 4.79 Å². The maximum atomic E-state index is 11.1. The number of carbonyl (C=O) groups is 1. The number of hydrogen-bond acceptors (Lipinski definition) is 3. The van der Waals surface area contributed by atoms with Crippen molar-refractivity contribution in [3.8, 4) is 0 Å². The minimum Gasteiger partial charge on any atom is -0.473 e. The van der Waals surface area contributed by atoms with E-state index in [2.05, 4.69) is 11.7 Å². The van der Waals surface area contributed by atoms with Gasteiger partial charge in [-0.25, -0.2) is 0 Å². The Morgan fingerprint density at radius 1 is 1.62 bits per heavy atom. The van der Waals surface area contributed by atoms with Crippen LogP contribution in [0.1, 0.15) is 33.1 Å². The van der Waals surface area contributed by atoms with E-state index in [1.165, 1.54) is 19.3 Å². The Morgan fingerprint density at radius 2 is 2.38 bits per heavy atom. The van der Waals surface area contributed by atoms with Gasteiger partial charge in [0.1, 0.15) is 0 Å². The summed E-state index contributed by atoms with van der Waals surface area (Å²) < 4.78 is 4.86. The number of piperidine rings is 1. The minimum atomic E-state index is -0.212. The molecule has 1 fully saturated rings. The van der Waals surface area contributed by atoms with Crippen molar-refractivity contribution >= 4 is 13.3 Å². The predicted octanol–water partition coefficient (Wildman–Crippen LogP) is 1.64. The summed E-state index contributed by atoms with van der Waals surface area (Å²) in [6, 6.07) is 0.484. The Labute approximate surface area is 80.7 Å². The second kappa shape index (κ2) is 5.27.